The first kappa shape index (κ1) is 18.2. The Labute approximate surface area is 158 Å². The molecular formula is C22H20ClNO2. The van der Waals surface area contributed by atoms with Gasteiger partial charge in [0.25, 0.3) is 0 Å². The van der Waals surface area contributed by atoms with Gasteiger partial charge >= 0.3 is 0 Å². The lowest BCUT2D eigenvalue weighted by atomic mass is 9.94. The van der Waals surface area contributed by atoms with Gasteiger partial charge in [0, 0.05) is 10.6 Å². The van der Waals surface area contributed by atoms with Crippen molar-refractivity contribution in [1.29, 1.82) is 0 Å². The molecule has 2 atom stereocenters. The van der Waals surface area contributed by atoms with Crippen molar-refractivity contribution in [1.82, 2.24) is 5.32 Å². The summed E-state index contributed by atoms with van der Waals surface area (Å²) in [6.07, 6.45) is -0.493. The highest BCUT2D eigenvalue weighted by atomic mass is 35.5. The Balaban J connectivity index is 1.97. The fourth-order valence-electron chi connectivity index (χ4n) is 2.83. The van der Waals surface area contributed by atoms with Crippen LogP contribution in [0, 0.1) is 0 Å². The summed E-state index contributed by atoms with van der Waals surface area (Å²) in [6.45, 7) is 0. The molecule has 3 nitrogen and oxygen atoms in total. The van der Waals surface area contributed by atoms with Gasteiger partial charge in [-0.15, -0.1) is 0 Å². The number of carbonyl (C=O) groups is 1. The van der Waals surface area contributed by atoms with Crippen molar-refractivity contribution >= 4 is 17.4 Å². The molecule has 4 heteroatoms. The molecule has 3 aromatic carbocycles. The highest BCUT2D eigenvalue weighted by molar-refractivity contribution is 6.30. The molecule has 0 aliphatic heterocycles. The van der Waals surface area contributed by atoms with Crippen molar-refractivity contribution in [3.63, 3.8) is 0 Å². The summed E-state index contributed by atoms with van der Waals surface area (Å²) in [4.78, 5) is 13.1. The van der Waals surface area contributed by atoms with Crippen LogP contribution < -0.4 is 10.1 Å². The summed E-state index contributed by atoms with van der Waals surface area (Å²) < 4.78 is 6.21. The number of hydrogen-bond acceptors (Lipinski definition) is 3. The maximum Gasteiger partial charge on any atom is 0.183 e. The van der Waals surface area contributed by atoms with E-state index in [1.807, 2.05) is 72.8 Å². The third kappa shape index (κ3) is 4.31. The van der Waals surface area contributed by atoms with Crippen LogP contribution in [0.5, 0.6) is 5.75 Å². The number of Topliss-reactive ketones (excluding diaryl/α,β-unsaturated/α-hetero) is 1. The molecule has 132 valence electrons. The number of carbonyl (C=O) groups excluding carboxylic acids is 1. The Morgan fingerprint density at radius 2 is 1.46 bits per heavy atom. The normalized spacial score (nSPS) is 13.0. The number of likely N-dealkylation sites (N-methyl/N-ethyl adjacent to an activating group) is 1. The summed E-state index contributed by atoms with van der Waals surface area (Å²) in [5, 5.41) is 3.77. The van der Waals surface area contributed by atoms with Crippen LogP contribution in [0.4, 0.5) is 0 Å². The molecule has 0 saturated carbocycles. The van der Waals surface area contributed by atoms with Crippen LogP contribution in [-0.4, -0.2) is 18.9 Å². The second kappa shape index (κ2) is 8.65. The molecule has 1 N–H and O–H groups in total. The summed E-state index contributed by atoms with van der Waals surface area (Å²) in [5.74, 6) is 0.678. The fourth-order valence-corrected chi connectivity index (χ4v) is 2.95. The van der Waals surface area contributed by atoms with Crippen molar-refractivity contribution in [3.8, 4) is 5.75 Å². The van der Waals surface area contributed by atoms with Gasteiger partial charge < -0.3 is 10.1 Å². The Kier molecular flexibility index (Phi) is 6.05. The zero-order valence-corrected chi connectivity index (χ0v) is 15.2. The maximum absolute atomic E-state index is 13.1. The van der Waals surface area contributed by atoms with E-state index in [0.717, 1.165) is 5.56 Å². The molecule has 0 fully saturated rings. The lowest BCUT2D eigenvalue weighted by Gasteiger charge is -2.27. The number of halogens is 1. The van der Waals surface area contributed by atoms with Crippen LogP contribution in [0.2, 0.25) is 5.02 Å². The van der Waals surface area contributed by atoms with Gasteiger partial charge in [0.1, 0.15) is 17.9 Å². The van der Waals surface area contributed by atoms with E-state index in [4.69, 9.17) is 16.3 Å². The van der Waals surface area contributed by atoms with E-state index < -0.39 is 12.1 Å². The van der Waals surface area contributed by atoms with E-state index in [0.29, 0.717) is 16.3 Å². The average molecular weight is 366 g/mol. The monoisotopic (exact) mass is 365 g/mol. The first-order chi connectivity index (χ1) is 12.7. The molecule has 26 heavy (non-hydrogen) atoms. The van der Waals surface area contributed by atoms with Gasteiger partial charge in [-0.05, 0) is 36.9 Å². The minimum absolute atomic E-state index is 0.0241. The van der Waals surface area contributed by atoms with Gasteiger partial charge in [-0.25, -0.2) is 0 Å². The number of ketones is 1. The van der Waals surface area contributed by atoms with Crippen LogP contribution in [0.3, 0.4) is 0 Å². The van der Waals surface area contributed by atoms with Gasteiger partial charge in [0.2, 0.25) is 0 Å². The number of nitrogens with one attached hydrogen (secondary N) is 1. The van der Waals surface area contributed by atoms with E-state index in [-0.39, 0.29) is 5.78 Å². The second-order valence-electron chi connectivity index (χ2n) is 5.90. The second-order valence-corrected chi connectivity index (χ2v) is 6.34. The smallest absolute Gasteiger partial charge is 0.183 e. The van der Waals surface area contributed by atoms with Gasteiger partial charge in [-0.3, -0.25) is 4.79 Å². The zero-order chi connectivity index (χ0) is 18.4. The summed E-state index contributed by atoms with van der Waals surface area (Å²) >= 11 is 6.03. The van der Waals surface area contributed by atoms with E-state index in [1.165, 1.54) is 0 Å². The Morgan fingerprint density at radius 1 is 0.885 bits per heavy atom. The number of rotatable bonds is 7. The molecule has 0 heterocycles. The third-order valence-corrected chi connectivity index (χ3v) is 4.41. The molecular weight excluding hydrogens is 346 g/mol. The van der Waals surface area contributed by atoms with Crippen molar-refractivity contribution in [2.75, 3.05) is 7.05 Å². The molecule has 3 aromatic rings. The topological polar surface area (TPSA) is 38.3 Å². The number of hydrogen-bond donors (Lipinski definition) is 1. The van der Waals surface area contributed by atoms with E-state index in [1.54, 1.807) is 19.2 Å². The molecule has 0 aliphatic carbocycles. The number of para-hydroxylation sites is 1. The van der Waals surface area contributed by atoms with Crippen LogP contribution in [0.15, 0.2) is 84.9 Å². The summed E-state index contributed by atoms with van der Waals surface area (Å²) in [5.41, 5.74) is 1.52. The van der Waals surface area contributed by atoms with Gasteiger partial charge in [-0.2, -0.15) is 0 Å². The fraction of sp³-hybridized carbons (Fsp3) is 0.136. The summed E-state index contributed by atoms with van der Waals surface area (Å²) in [6, 6.07) is 25.6. The van der Waals surface area contributed by atoms with Crippen LogP contribution in [0.25, 0.3) is 0 Å². The van der Waals surface area contributed by atoms with E-state index in [9.17, 15) is 4.79 Å². The van der Waals surface area contributed by atoms with Crippen molar-refractivity contribution in [3.05, 3.63) is 101 Å². The van der Waals surface area contributed by atoms with Crippen molar-refractivity contribution in [2.24, 2.45) is 0 Å². The molecule has 0 unspecified atom stereocenters. The van der Waals surface area contributed by atoms with Gasteiger partial charge in [0.15, 0.2) is 5.78 Å². The first-order valence-electron chi connectivity index (χ1n) is 8.43. The lowest BCUT2D eigenvalue weighted by Crippen LogP contribution is -2.42. The van der Waals surface area contributed by atoms with E-state index >= 15 is 0 Å². The first-order valence-corrected chi connectivity index (χ1v) is 8.80. The molecule has 0 aromatic heterocycles. The lowest BCUT2D eigenvalue weighted by molar-refractivity contribution is 0.0819. The minimum Gasteiger partial charge on any atom is -0.484 e. The maximum atomic E-state index is 13.1. The predicted octanol–water partition coefficient (Wildman–Crippen LogP) is 4.93. The standard InChI is InChI=1S/C22H20ClNO2/c1-24-20(21(25)16-8-4-2-5-9-16)22(17-12-14-18(23)15-13-17)26-19-10-6-3-7-11-19/h2-15,20,22,24H,1H3/t20-,22-/m0/s1. The van der Waals surface area contributed by atoms with E-state index in [2.05, 4.69) is 5.32 Å². The van der Waals surface area contributed by atoms with Crippen LogP contribution in [0.1, 0.15) is 22.0 Å². The molecule has 0 saturated heterocycles. The van der Waals surface area contributed by atoms with Gasteiger partial charge in [-0.1, -0.05) is 72.3 Å². The Morgan fingerprint density at radius 3 is 2.04 bits per heavy atom. The third-order valence-electron chi connectivity index (χ3n) is 4.16. The Hall–Kier alpha value is -2.62. The van der Waals surface area contributed by atoms with Crippen LogP contribution >= 0.6 is 11.6 Å². The average Bonchev–Trinajstić information content (AvgIpc) is 2.70. The SMILES string of the molecule is CN[C@@H](C(=O)c1ccccc1)[C@@H](Oc1ccccc1)c1ccc(Cl)cc1. The van der Waals surface area contributed by atoms with Crippen LogP contribution in [-0.2, 0) is 0 Å². The van der Waals surface area contributed by atoms with Crippen molar-refractivity contribution < 1.29 is 9.53 Å². The minimum atomic E-state index is -0.543. The number of benzene rings is 3. The molecule has 0 aliphatic rings. The molecule has 0 radical (unpaired) electrons. The number of ether oxygens (including phenoxy) is 1. The largest absolute Gasteiger partial charge is 0.484 e. The summed E-state index contributed by atoms with van der Waals surface area (Å²) in [7, 11) is 1.77. The Bertz CT molecular complexity index is 835. The molecule has 0 bridgehead atoms. The molecule has 0 amide bonds. The quantitative estimate of drug-likeness (QED) is 0.603. The zero-order valence-electron chi connectivity index (χ0n) is 14.4. The van der Waals surface area contributed by atoms with Crippen molar-refractivity contribution in [2.45, 2.75) is 12.1 Å². The highest BCUT2D eigenvalue weighted by Crippen LogP contribution is 2.27. The molecule has 0 spiro atoms. The predicted molar refractivity (Wildman–Crippen MR) is 105 cm³/mol. The highest BCUT2D eigenvalue weighted by Gasteiger charge is 2.31. The molecule has 3 rings (SSSR count). The van der Waals surface area contributed by atoms with Gasteiger partial charge in [0.05, 0.1) is 0 Å².